The summed E-state index contributed by atoms with van der Waals surface area (Å²) in [6.07, 6.45) is 4.81. The smallest absolute Gasteiger partial charge is 0.149 e. The highest BCUT2D eigenvalue weighted by atomic mass is 16.3. The summed E-state index contributed by atoms with van der Waals surface area (Å²) in [5.41, 5.74) is 11.9. The number of aromatic nitrogens is 1. The van der Waals surface area contributed by atoms with E-state index in [-0.39, 0.29) is 6.61 Å². The number of hydrogen-bond donors (Lipinski definition) is 3. The highest BCUT2D eigenvalue weighted by molar-refractivity contribution is 5.62. The van der Waals surface area contributed by atoms with Crippen molar-refractivity contribution < 1.29 is 5.11 Å². The van der Waals surface area contributed by atoms with Crippen molar-refractivity contribution in [3.05, 3.63) is 12.1 Å². The molecule has 5 heteroatoms. The molecule has 1 heterocycles. The molecule has 0 amide bonds. The lowest BCUT2D eigenvalue weighted by molar-refractivity contribution is 0.297. The zero-order valence-corrected chi connectivity index (χ0v) is 9.97. The Balaban J connectivity index is 2.21. The van der Waals surface area contributed by atoms with Gasteiger partial charge in [0, 0.05) is 12.6 Å². The Bertz CT molecular complexity index is 377. The molecule has 0 aromatic carbocycles. The van der Waals surface area contributed by atoms with Gasteiger partial charge in [0.05, 0.1) is 12.3 Å². The van der Waals surface area contributed by atoms with Crippen molar-refractivity contribution in [2.24, 2.45) is 0 Å². The van der Waals surface area contributed by atoms with E-state index in [1.807, 2.05) is 6.07 Å². The summed E-state index contributed by atoms with van der Waals surface area (Å²) in [5.74, 6) is 1.18. The third-order valence-electron chi connectivity index (χ3n) is 3.34. The molecule has 0 bridgehead atoms. The molecule has 1 aliphatic carbocycles. The van der Waals surface area contributed by atoms with E-state index in [0.717, 1.165) is 18.7 Å². The summed E-state index contributed by atoms with van der Waals surface area (Å²) >= 11 is 0. The number of pyridine rings is 1. The minimum absolute atomic E-state index is 0.127. The summed E-state index contributed by atoms with van der Waals surface area (Å²) in [4.78, 5) is 6.45. The van der Waals surface area contributed by atoms with E-state index in [1.165, 1.54) is 12.8 Å². The Morgan fingerprint density at radius 3 is 2.59 bits per heavy atom. The average molecular weight is 236 g/mol. The summed E-state index contributed by atoms with van der Waals surface area (Å²) in [6.45, 7) is 0.726. The number of anilines is 3. The maximum absolute atomic E-state index is 9.16. The molecule has 17 heavy (non-hydrogen) atoms. The Kier molecular flexibility index (Phi) is 3.68. The van der Waals surface area contributed by atoms with E-state index < -0.39 is 0 Å². The van der Waals surface area contributed by atoms with E-state index in [4.69, 9.17) is 16.6 Å². The van der Waals surface area contributed by atoms with Crippen LogP contribution in [0.5, 0.6) is 0 Å². The number of nitrogen functional groups attached to an aromatic ring is 2. The largest absolute Gasteiger partial charge is 0.396 e. The van der Waals surface area contributed by atoms with E-state index in [9.17, 15) is 0 Å². The minimum atomic E-state index is 0.127. The zero-order valence-electron chi connectivity index (χ0n) is 9.97. The average Bonchev–Trinajstić information content (AvgIpc) is 2.83. The van der Waals surface area contributed by atoms with Crippen molar-refractivity contribution in [1.82, 2.24) is 4.98 Å². The molecule has 0 aliphatic heterocycles. The zero-order chi connectivity index (χ0) is 12.3. The van der Waals surface area contributed by atoms with Crippen LogP contribution in [-0.4, -0.2) is 29.3 Å². The fraction of sp³-hybridized carbons (Fsp3) is 0.583. The predicted molar refractivity (Wildman–Crippen MR) is 69.7 cm³/mol. The second kappa shape index (κ2) is 5.23. The normalized spacial score (nSPS) is 16.3. The Morgan fingerprint density at radius 1 is 1.29 bits per heavy atom. The fourth-order valence-electron chi connectivity index (χ4n) is 2.44. The molecule has 0 saturated heterocycles. The van der Waals surface area contributed by atoms with Crippen LogP contribution in [0.25, 0.3) is 0 Å². The molecule has 0 atom stereocenters. The molecule has 0 radical (unpaired) electrons. The van der Waals surface area contributed by atoms with Crippen LogP contribution < -0.4 is 16.4 Å². The van der Waals surface area contributed by atoms with Gasteiger partial charge in [-0.25, -0.2) is 4.98 Å². The number of aliphatic hydroxyl groups excluding tert-OH is 1. The maximum Gasteiger partial charge on any atom is 0.149 e. The molecule has 1 aromatic rings. The van der Waals surface area contributed by atoms with Gasteiger partial charge in [0.15, 0.2) is 0 Å². The molecule has 94 valence electrons. The lowest BCUT2D eigenvalue weighted by atomic mass is 10.2. The van der Waals surface area contributed by atoms with Crippen LogP contribution in [-0.2, 0) is 0 Å². The van der Waals surface area contributed by atoms with E-state index in [2.05, 4.69) is 9.88 Å². The molecule has 2 rings (SSSR count). The summed E-state index contributed by atoms with van der Waals surface area (Å²) in [7, 11) is 0. The van der Waals surface area contributed by atoms with Gasteiger partial charge in [-0.15, -0.1) is 0 Å². The monoisotopic (exact) mass is 236 g/mol. The standard InChI is InChI=1S/C12H20N4O/c13-10-5-6-11(15-12(10)14)16(7-8-17)9-3-1-2-4-9/h5-6,9,17H,1-4,7-8,13H2,(H2,14,15). The molecule has 5 nitrogen and oxygen atoms in total. The molecule has 1 fully saturated rings. The van der Waals surface area contributed by atoms with Crippen LogP contribution in [0.15, 0.2) is 12.1 Å². The first-order valence-corrected chi connectivity index (χ1v) is 6.12. The van der Waals surface area contributed by atoms with Gasteiger partial charge >= 0.3 is 0 Å². The SMILES string of the molecule is Nc1ccc(N(CCO)C2CCCC2)nc1N. The third-order valence-corrected chi connectivity index (χ3v) is 3.34. The van der Waals surface area contributed by atoms with Crippen molar-refractivity contribution in [3.8, 4) is 0 Å². The van der Waals surface area contributed by atoms with Gasteiger partial charge in [0.25, 0.3) is 0 Å². The van der Waals surface area contributed by atoms with Gasteiger partial charge in [-0.2, -0.15) is 0 Å². The first kappa shape index (κ1) is 12.0. The van der Waals surface area contributed by atoms with Crippen LogP contribution in [0, 0.1) is 0 Å². The highest BCUT2D eigenvalue weighted by Gasteiger charge is 2.23. The second-order valence-corrected chi connectivity index (χ2v) is 4.50. The van der Waals surface area contributed by atoms with Gasteiger partial charge in [0.1, 0.15) is 11.6 Å². The molecule has 0 unspecified atom stereocenters. The first-order chi connectivity index (χ1) is 8.22. The van der Waals surface area contributed by atoms with E-state index >= 15 is 0 Å². The van der Waals surface area contributed by atoms with Crippen molar-refractivity contribution in [3.63, 3.8) is 0 Å². The Hall–Kier alpha value is -1.49. The number of hydrogen-bond acceptors (Lipinski definition) is 5. The van der Waals surface area contributed by atoms with Gasteiger partial charge in [-0.1, -0.05) is 12.8 Å². The molecular weight excluding hydrogens is 216 g/mol. The number of nitrogens with two attached hydrogens (primary N) is 2. The molecule has 0 spiro atoms. The quantitative estimate of drug-likeness (QED) is 0.725. The lowest BCUT2D eigenvalue weighted by Gasteiger charge is -2.29. The van der Waals surface area contributed by atoms with E-state index in [0.29, 0.717) is 24.1 Å². The first-order valence-electron chi connectivity index (χ1n) is 6.12. The lowest BCUT2D eigenvalue weighted by Crippen LogP contribution is -2.36. The highest BCUT2D eigenvalue weighted by Crippen LogP contribution is 2.28. The molecule has 1 aliphatic rings. The van der Waals surface area contributed by atoms with Gasteiger partial charge in [0.2, 0.25) is 0 Å². The van der Waals surface area contributed by atoms with Crippen LogP contribution in [0.1, 0.15) is 25.7 Å². The number of rotatable bonds is 4. The number of aliphatic hydroxyl groups is 1. The predicted octanol–water partition coefficient (Wildman–Crippen LogP) is 0.987. The van der Waals surface area contributed by atoms with Crippen molar-refractivity contribution in [1.29, 1.82) is 0 Å². The molecule has 5 N–H and O–H groups in total. The third kappa shape index (κ3) is 2.61. The molecule has 1 saturated carbocycles. The summed E-state index contributed by atoms with van der Waals surface area (Å²) < 4.78 is 0. The molecule has 1 aromatic heterocycles. The van der Waals surface area contributed by atoms with E-state index in [1.54, 1.807) is 6.07 Å². The number of nitrogens with zero attached hydrogens (tertiary/aromatic N) is 2. The topological polar surface area (TPSA) is 88.4 Å². The summed E-state index contributed by atoms with van der Waals surface area (Å²) in [6, 6.07) is 4.12. The summed E-state index contributed by atoms with van der Waals surface area (Å²) in [5, 5.41) is 9.16. The second-order valence-electron chi connectivity index (χ2n) is 4.50. The van der Waals surface area contributed by atoms with Crippen LogP contribution in [0.4, 0.5) is 17.3 Å². The van der Waals surface area contributed by atoms with Crippen molar-refractivity contribution in [2.75, 3.05) is 29.5 Å². The maximum atomic E-state index is 9.16. The Labute approximate surface area is 101 Å². The minimum Gasteiger partial charge on any atom is -0.396 e. The van der Waals surface area contributed by atoms with Crippen molar-refractivity contribution in [2.45, 2.75) is 31.7 Å². The van der Waals surface area contributed by atoms with Crippen LogP contribution in [0.2, 0.25) is 0 Å². The molecular formula is C12H20N4O. The van der Waals surface area contributed by atoms with Gasteiger partial charge in [-0.05, 0) is 25.0 Å². The van der Waals surface area contributed by atoms with Crippen molar-refractivity contribution >= 4 is 17.3 Å². The van der Waals surface area contributed by atoms with Gasteiger partial charge < -0.3 is 21.5 Å². The fourth-order valence-corrected chi connectivity index (χ4v) is 2.44. The Morgan fingerprint density at radius 2 is 2.00 bits per heavy atom. The van der Waals surface area contributed by atoms with Gasteiger partial charge in [-0.3, -0.25) is 0 Å². The van der Waals surface area contributed by atoms with Crippen LogP contribution in [0.3, 0.4) is 0 Å². The van der Waals surface area contributed by atoms with Crippen LogP contribution >= 0.6 is 0 Å².